The Labute approximate surface area is 182 Å². The number of fused-ring (bicyclic) bond motifs is 1. The van der Waals surface area contributed by atoms with Gasteiger partial charge in [0.25, 0.3) is 0 Å². The average molecular weight is 428 g/mol. The Morgan fingerprint density at radius 1 is 1.20 bits per heavy atom. The van der Waals surface area contributed by atoms with Gasteiger partial charge in [-0.25, -0.2) is 4.39 Å². The van der Waals surface area contributed by atoms with E-state index in [9.17, 15) is 4.39 Å². The van der Waals surface area contributed by atoms with Gasteiger partial charge in [0, 0.05) is 27.1 Å². The second-order valence-corrected chi connectivity index (χ2v) is 8.33. The van der Waals surface area contributed by atoms with Crippen molar-refractivity contribution in [2.45, 2.75) is 31.8 Å². The molecule has 4 rings (SSSR count). The quantitative estimate of drug-likeness (QED) is 0.576. The van der Waals surface area contributed by atoms with Crippen LogP contribution in [0.5, 0.6) is 0 Å². The van der Waals surface area contributed by atoms with Crippen LogP contribution in [0.2, 0.25) is 5.02 Å². The van der Waals surface area contributed by atoms with Gasteiger partial charge in [0.15, 0.2) is 0 Å². The van der Waals surface area contributed by atoms with Crippen LogP contribution in [0.15, 0.2) is 36.4 Å². The van der Waals surface area contributed by atoms with Crippen LogP contribution in [0.4, 0.5) is 4.39 Å². The summed E-state index contributed by atoms with van der Waals surface area (Å²) in [5.74, 6) is -0.206. The van der Waals surface area contributed by atoms with E-state index in [4.69, 9.17) is 16.3 Å². The highest BCUT2D eigenvalue weighted by atomic mass is 35.5. The molecule has 1 saturated heterocycles. The van der Waals surface area contributed by atoms with Crippen molar-refractivity contribution >= 4 is 22.5 Å². The molecule has 0 unspecified atom stereocenters. The fourth-order valence-corrected chi connectivity index (χ4v) is 4.35. The fraction of sp³-hybridized carbons (Fsp3) is 0.375. The van der Waals surface area contributed by atoms with Crippen molar-refractivity contribution in [2.24, 2.45) is 0 Å². The molecule has 6 heteroatoms. The van der Waals surface area contributed by atoms with Crippen molar-refractivity contribution in [1.29, 1.82) is 0 Å². The number of ether oxygens (including phenoxy) is 1. The van der Waals surface area contributed by atoms with Gasteiger partial charge in [-0.15, -0.1) is 12.8 Å². The summed E-state index contributed by atoms with van der Waals surface area (Å²) < 4.78 is 19.7. The summed E-state index contributed by atoms with van der Waals surface area (Å²) >= 11 is 6.30. The minimum Gasteiger partial charge on any atom is -0.376 e. The van der Waals surface area contributed by atoms with Gasteiger partial charge in [-0.2, -0.15) is 5.10 Å². The number of piperidine rings is 1. The van der Waals surface area contributed by atoms with E-state index in [1.54, 1.807) is 12.1 Å². The van der Waals surface area contributed by atoms with Crippen molar-refractivity contribution in [2.75, 3.05) is 26.7 Å². The smallest absolute Gasteiger partial charge is 0.123 e. The van der Waals surface area contributed by atoms with E-state index < -0.39 is 0 Å². The van der Waals surface area contributed by atoms with Crippen molar-refractivity contribution in [3.8, 4) is 12.8 Å². The molecule has 0 aliphatic carbocycles. The first kappa shape index (κ1) is 22.3. The van der Waals surface area contributed by atoms with Crippen LogP contribution < -0.4 is 0 Å². The third-order valence-electron chi connectivity index (χ3n) is 5.93. The number of terminal acetylenes is 1. The van der Waals surface area contributed by atoms with E-state index in [-0.39, 0.29) is 11.2 Å². The number of likely N-dealkylation sites (tertiary alicyclic amines) is 1. The lowest BCUT2D eigenvalue weighted by Crippen LogP contribution is -2.43. The Hall–Kier alpha value is -2.39. The lowest BCUT2D eigenvalue weighted by atomic mass is 9.73. The SMILES string of the molecule is C#C.Cc1[nH]nc2c(COCC3(c4ccc(F)cc4)CCN(C)CC3)cc(Cl)cc12. The number of benzene rings is 2. The normalized spacial score (nSPS) is 16.2. The van der Waals surface area contributed by atoms with Crippen LogP contribution in [0.1, 0.15) is 29.7 Å². The standard InChI is InChI=1S/C22H25ClFN3O.C2H2/c1-15-20-12-18(23)11-16(21(20)26-25-15)13-28-14-22(7-9-27(2)10-8-22)17-3-5-19(24)6-4-17;1-2/h3-6,11-12H,7-10,13-14H2,1-2H3,(H,25,26);1-2H. The number of hydrogen-bond acceptors (Lipinski definition) is 3. The highest BCUT2D eigenvalue weighted by molar-refractivity contribution is 6.31. The summed E-state index contributed by atoms with van der Waals surface area (Å²) in [6.07, 6.45) is 9.98. The third kappa shape index (κ3) is 4.67. The fourth-order valence-electron chi connectivity index (χ4n) is 4.11. The molecule has 1 N–H and O–H groups in total. The van der Waals surface area contributed by atoms with Crippen molar-refractivity contribution < 1.29 is 9.13 Å². The van der Waals surface area contributed by atoms with Gasteiger partial charge in [-0.1, -0.05) is 23.7 Å². The van der Waals surface area contributed by atoms with Gasteiger partial charge in [0.2, 0.25) is 0 Å². The van der Waals surface area contributed by atoms with Gasteiger partial charge in [0.1, 0.15) is 5.82 Å². The maximum Gasteiger partial charge on any atom is 0.123 e. The third-order valence-corrected chi connectivity index (χ3v) is 6.15. The molecule has 1 aliphatic rings. The lowest BCUT2D eigenvalue weighted by Gasteiger charge is -2.41. The molecule has 1 fully saturated rings. The number of aromatic amines is 1. The second kappa shape index (κ2) is 9.61. The highest BCUT2D eigenvalue weighted by Crippen LogP contribution is 2.36. The molecular formula is C24H27ClFN3O. The Morgan fingerprint density at radius 3 is 2.53 bits per heavy atom. The highest BCUT2D eigenvalue weighted by Gasteiger charge is 2.35. The van der Waals surface area contributed by atoms with E-state index in [0.717, 1.165) is 53.7 Å². The van der Waals surface area contributed by atoms with E-state index in [1.165, 1.54) is 0 Å². The van der Waals surface area contributed by atoms with Gasteiger partial charge < -0.3 is 9.64 Å². The number of H-pyrrole nitrogens is 1. The Morgan fingerprint density at radius 2 is 1.87 bits per heavy atom. The predicted molar refractivity (Wildman–Crippen MR) is 120 cm³/mol. The van der Waals surface area contributed by atoms with E-state index in [2.05, 4.69) is 35.0 Å². The Bertz CT molecular complexity index is 1000. The van der Waals surface area contributed by atoms with E-state index in [1.807, 2.05) is 31.2 Å². The van der Waals surface area contributed by atoms with Crippen molar-refractivity contribution in [1.82, 2.24) is 15.1 Å². The number of nitrogens with zero attached hydrogens (tertiary/aromatic N) is 2. The Kier molecular flexibility index (Phi) is 7.14. The molecule has 30 heavy (non-hydrogen) atoms. The van der Waals surface area contributed by atoms with Gasteiger partial charge in [-0.05, 0) is 69.7 Å². The Balaban J connectivity index is 0.00000124. The van der Waals surface area contributed by atoms with Gasteiger partial charge in [-0.3, -0.25) is 5.10 Å². The van der Waals surface area contributed by atoms with Gasteiger partial charge in [0.05, 0.1) is 18.7 Å². The zero-order valence-corrected chi connectivity index (χ0v) is 18.2. The first-order valence-electron chi connectivity index (χ1n) is 9.96. The zero-order chi connectivity index (χ0) is 21.7. The number of halogens is 2. The van der Waals surface area contributed by atoms with Crippen LogP contribution in [0, 0.1) is 25.6 Å². The molecule has 0 saturated carbocycles. The molecule has 4 nitrogen and oxygen atoms in total. The summed E-state index contributed by atoms with van der Waals surface area (Å²) in [6.45, 7) is 5.02. The first-order chi connectivity index (χ1) is 14.5. The van der Waals surface area contributed by atoms with E-state index in [0.29, 0.717) is 18.2 Å². The van der Waals surface area contributed by atoms with Crippen LogP contribution in [-0.2, 0) is 16.8 Å². The molecule has 0 radical (unpaired) electrons. The van der Waals surface area contributed by atoms with Crippen LogP contribution >= 0.6 is 11.6 Å². The molecule has 0 amide bonds. The number of rotatable bonds is 5. The molecule has 0 atom stereocenters. The molecule has 1 aromatic heterocycles. The molecule has 2 aromatic carbocycles. The first-order valence-corrected chi connectivity index (χ1v) is 10.3. The number of aromatic nitrogens is 2. The average Bonchev–Trinajstić information content (AvgIpc) is 3.12. The molecule has 0 spiro atoms. The lowest BCUT2D eigenvalue weighted by molar-refractivity contribution is 0.0411. The maximum absolute atomic E-state index is 13.4. The molecule has 1 aliphatic heterocycles. The summed E-state index contributed by atoms with van der Waals surface area (Å²) in [5.41, 5.74) is 3.93. The monoisotopic (exact) mass is 427 g/mol. The van der Waals surface area contributed by atoms with E-state index >= 15 is 0 Å². The van der Waals surface area contributed by atoms with Crippen molar-refractivity contribution in [3.05, 3.63) is 64.1 Å². The summed E-state index contributed by atoms with van der Waals surface area (Å²) in [6, 6.07) is 10.7. The maximum atomic E-state index is 13.4. The summed E-state index contributed by atoms with van der Waals surface area (Å²) in [7, 11) is 2.14. The molecular weight excluding hydrogens is 401 g/mol. The minimum absolute atomic E-state index is 0.0978. The number of aryl methyl sites for hydroxylation is 1. The number of nitrogens with one attached hydrogen (secondary N) is 1. The summed E-state index contributed by atoms with van der Waals surface area (Å²) in [5, 5.41) is 9.14. The molecule has 2 heterocycles. The second-order valence-electron chi connectivity index (χ2n) is 7.89. The van der Waals surface area contributed by atoms with Gasteiger partial charge >= 0.3 is 0 Å². The molecule has 3 aromatic rings. The summed E-state index contributed by atoms with van der Waals surface area (Å²) in [4.78, 5) is 2.33. The topological polar surface area (TPSA) is 41.1 Å². The molecule has 158 valence electrons. The largest absolute Gasteiger partial charge is 0.376 e. The van der Waals surface area contributed by atoms with Crippen LogP contribution in [-0.4, -0.2) is 41.8 Å². The number of hydrogen-bond donors (Lipinski definition) is 1. The van der Waals surface area contributed by atoms with Crippen LogP contribution in [0.3, 0.4) is 0 Å². The molecule has 0 bridgehead atoms. The minimum atomic E-state index is -0.206. The zero-order valence-electron chi connectivity index (χ0n) is 17.4. The predicted octanol–water partition coefficient (Wildman–Crippen LogP) is 5.09. The van der Waals surface area contributed by atoms with Crippen LogP contribution in [0.25, 0.3) is 10.9 Å². The van der Waals surface area contributed by atoms with Crippen molar-refractivity contribution in [3.63, 3.8) is 0 Å².